The zero-order valence-electron chi connectivity index (χ0n) is 20.7. The van der Waals surface area contributed by atoms with Crippen LogP contribution in [-0.4, -0.2) is 71.1 Å². The summed E-state index contributed by atoms with van der Waals surface area (Å²) in [7, 11) is 7.83. The topological polar surface area (TPSA) is 70.4 Å². The maximum atomic E-state index is 13.1. The summed E-state index contributed by atoms with van der Waals surface area (Å²) in [5.74, 6) is 0.970. The fraction of sp³-hybridized carbons (Fsp3) is 0.333. The predicted octanol–water partition coefficient (Wildman–Crippen LogP) is 3.84. The van der Waals surface area contributed by atoms with E-state index >= 15 is 0 Å². The number of carbonyl (C=O) groups is 1. The van der Waals surface area contributed by atoms with E-state index in [0.29, 0.717) is 0 Å². The number of hydrogen-bond donors (Lipinski definition) is 0. The molecule has 1 saturated heterocycles. The summed E-state index contributed by atoms with van der Waals surface area (Å²) in [5.41, 5.74) is 3.59. The van der Waals surface area contributed by atoms with Gasteiger partial charge in [0.15, 0.2) is 5.82 Å². The number of anilines is 2. The maximum absolute atomic E-state index is 13.1. The smallest absolute Gasteiger partial charge is 0.253 e. The van der Waals surface area contributed by atoms with Crippen LogP contribution in [-0.2, 0) is 7.05 Å². The Hall–Kier alpha value is -3.94. The summed E-state index contributed by atoms with van der Waals surface area (Å²) >= 11 is 0. The number of aromatic nitrogens is 4. The number of fused-ring (bicyclic) bond motifs is 1. The lowest BCUT2D eigenvalue weighted by atomic mass is 10.0. The fourth-order valence-electron chi connectivity index (χ4n) is 4.86. The minimum atomic E-state index is 0.0690. The molecular weight excluding hydrogens is 438 g/mol. The Morgan fingerprint density at radius 2 is 1.60 bits per heavy atom. The van der Waals surface area contributed by atoms with E-state index in [-0.39, 0.29) is 11.9 Å². The fourth-order valence-corrected chi connectivity index (χ4v) is 4.86. The third kappa shape index (κ3) is 4.32. The first-order valence-electron chi connectivity index (χ1n) is 12.0. The van der Waals surface area contributed by atoms with Gasteiger partial charge in [0.1, 0.15) is 5.69 Å². The molecule has 0 bridgehead atoms. The molecule has 0 radical (unpaired) electrons. The predicted molar refractivity (Wildman–Crippen MR) is 140 cm³/mol. The van der Waals surface area contributed by atoms with Crippen LogP contribution in [0.1, 0.15) is 23.2 Å². The van der Waals surface area contributed by atoms with Gasteiger partial charge in [-0.25, -0.2) is 0 Å². The van der Waals surface area contributed by atoms with Gasteiger partial charge in [0.2, 0.25) is 0 Å². The Kier molecular flexibility index (Phi) is 6.11. The van der Waals surface area contributed by atoms with Crippen molar-refractivity contribution in [2.45, 2.75) is 18.9 Å². The molecule has 0 aliphatic carbocycles. The van der Waals surface area contributed by atoms with Crippen LogP contribution in [0.15, 0.2) is 60.8 Å². The third-order valence-corrected chi connectivity index (χ3v) is 6.99. The van der Waals surface area contributed by atoms with E-state index in [2.05, 4.69) is 32.3 Å². The lowest BCUT2D eigenvalue weighted by Crippen LogP contribution is -2.46. The van der Waals surface area contributed by atoms with Crippen molar-refractivity contribution in [3.63, 3.8) is 0 Å². The molecule has 8 heteroatoms. The molecule has 35 heavy (non-hydrogen) atoms. The highest BCUT2D eigenvalue weighted by Gasteiger charge is 2.28. The van der Waals surface area contributed by atoms with Crippen molar-refractivity contribution in [1.82, 2.24) is 24.9 Å². The average Bonchev–Trinajstić information content (AvgIpc) is 3.32. The molecule has 1 amide bonds. The molecule has 1 fully saturated rings. The Bertz CT molecular complexity index is 1340. The zero-order valence-corrected chi connectivity index (χ0v) is 20.7. The lowest BCUT2D eigenvalue weighted by molar-refractivity contribution is 0.0709. The minimum absolute atomic E-state index is 0.0690. The van der Waals surface area contributed by atoms with E-state index in [1.165, 1.54) is 0 Å². The zero-order chi connectivity index (χ0) is 24.5. The molecule has 8 nitrogen and oxygen atoms in total. The van der Waals surface area contributed by atoms with Crippen molar-refractivity contribution < 1.29 is 4.79 Å². The summed E-state index contributed by atoms with van der Waals surface area (Å²) in [6.45, 7) is 1.65. The highest BCUT2D eigenvalue weighted by Crippen LogP contribution is 2.32. The quantitative estimate of drug-likeness (QED) is 0.442. The second kappa shape index (κ2) is 9.37. The SMILES string of the molecule is CN(C)c1ccc(C(=O)N(C)C2CCN(c3nnc(-c4ccnn4C)c4ccccc34)CC2)cc1. The molecule has 5 rings (SSSR count). The van der Waals surface area contributed by atoms with E-state index in [1.54, 1.807) is 6.20 Å². The van der Waals surface area contributed by atoms with Gasteiger partial charge in [0.25, 0.3) is 5.91 Å². The number of hydrogen-bond acceptors (Lipinski definition) is 6. The first-order valence-corrected chi connectivity index (χ1v) is 12.0. The van der Waals surface area contributed by atoms with Gasteiger partial charge in [-0.1, -0.05) is 24.3 Å². The van der Waals surface area contributed by atoms with Crippen LogP contribution in [0.2, 0.25) is 0 Å². The van der Waals surface area contributed by atoms with Crippen LogP contribution in [0.4, 0.5) is 11.5 Å². The van der Waals surface area contributed by atoms with Gasteiger partial charge < -0.3 is 14.7 Å². The Balaban J connectivity index is 1.32. The van der Waals surface area contributed by atoms with Crippen LogP contribution in [0.3, 0.4) is 0 Å². The second-order valence-electron chi connectivity index (χ2n) is 9.33. The van der Waals surface area contributed by atoms with Crippen LogP contribution in [0.25, 0.3) is 22.2 Å². The molecule has 0 atom stereocenters. The molecule has 0 unspecified atom stereocenters. The number of piperidine rings is 1. The van der Waals surface area contributed by atoms with E-state index in [9.17, 15) is 4.79 Å². The molecular formula is C27H31N7O. The number of benzene rings is 2. The largest absolute Gasteiger partial charge is 0.378 e. The molecule has 2 aromatic carbocycles. The molecule has 1 aliphatic rings. The van der Waals surface area contributed by atoms with Crippen LogP contribution in [0.5, 0.6) is 0 Å². The highest BCUT2D eigenvalue weighted by atomic mass is 16.2. The minimum Gasteiger partial charge on any atom is -0.378 e. The number of nitrogens with zero attached hydrogens (tertiary/aromatic N) is 7. The first-order chi connectivity index (χ1) is 16.9. The summed E-state index contributed by atoms with van der Waals surface area (Å²) in [6.07, 6.45) is 3.55. The molecule has 3 heterocycles. The highest BCUT2D eigenvalue weighted by molar-refractivity contribution is 6.00. The molecule has 0 N–H and O–H groups in total. The molecule has 0 saturated carbocycles. The number of aryl methyl sites for hydroxylation is 1. The van der Waals surface area contributed by atoms with Crippen LogP contribution in [0, 0.1) is 0 Å². The summed E-state index contributed by atoms with van der Waals surface area (Å²) in [5, 5.41) is 15.7. The summed E-state index contributed by atoms with van der Waals surface area (Å²) in [4.78, 5) is 19.3. The molecule has 0 spiro atoms. The Labute approximate surface area is 205 Å². The normalized spacial score (nSPS) is 14.3. The van der Waals surface area contributed by atoms with Crippen molar-refractivity contribution in [1.29, 1.82) is 0 Å². The van der Waals surface area contributed by atoms with Gasteiger partial charge in [-0.05, 0) is 43.2 Å². The monoisotopic (exact) mass is 469 g/mol. The second-order valence-corrected chi connectivity index (χ2v) is 9.33. The number of amides is 1. The van der Waals surface area contributed by atoms with Gasteiger partial charge in [-0.2, -0.15) is 5.10 Å². The molecule has 2 aromatic heterocycles. The summed E-state index contributed by atoms with van der Waals surface area (Å²) in [6, 6.07) is 18.2. The van der Waals surface area contributed by atoms with Crippen LogP contribution < -0.4 is 9.80 Å². The summed E-state index contributed by atoms with van der Waals surface area (Å²) < 4.78 is 1.82. The van der Waals surface area contributed by atoms with Gasteiger partial charge in [0.05, 0.1) is 5.69 Å². The van der Waals surface area contributed by atoms with E-state index in [4.69, 9.17) is 0 Å². The number of carbonyl (C=O) groups excluding carboxylic acids is 1. The molecule has 4 aromatic rings. The standard InChI is InChI=1S/C27H31N7O/c1-31(2)20-11-9-19(10-12-20)27(35)32(3)21-14-17-34(18-15-21)26-23-8-6-5-7-22(23)25(29-30-26)24-13-16-28-33(24)4/h5-13,16,21H,14-15,17-18H2,1-4H3. The average molecular weight is 470 g/mol. The van der Waals surface area contributed by atoms with Crippen molar-refractivity contribution in [2.75, 3.05) is 44.0 Å². The van der Waals surface area contributed by atoms with E-state index in [0.717, 1.165) is 65.2 Å². The van der Waals surface area contributed by atoms with E-state index in [1.807, 2.05) is 85.1 Å². The van der Waals surface area contributed by atoms with Gasteiger partial charge in [-0.15, -0.1) is 10.2 Å². The van der Waals surface area contributed by atoms with Crippen molar-refractivity contribution in [3.05, 3.63) is 66.4 Å². The molecule has 1 aliphatic heterocycles. The third-order valence-electron chi connectivity index (χ3n) is 6.99. The van der Waals surface area contributed by atoms with E-state index < -0.39 is 0 Å². The Morgan fingerprint density at radius 3 is 2.23 bits per heavy atom. The molecule has 180 valence electrons. The first kappa shape index (κ1) is 22.8. The van der Waals surface area contributed by atoms with Crippen molar-refractivity contribution >= 4 is 28.2 Å². The van der Waals surface area contributed by atoms with Gasteiger partial charge in [-0.3, -0.25) is 9.48 Å². The van der Waals surface area contributed by atoms with Gasteiger partial charge in [0, 0.05) is 75.5 Å². The van der Waals surface area contributed by atoms with Crippen molar-refractivity contribution in [2.24, 2.45) is 7.05 Å². The van der Waals surface area contributed by atoms with Gasteiger partial charge >= 0.3 is 0 Å². The lowest BCUT2D eigenvalue weighted by Gasteiger charge is -2.37. The number of rotatable bonds is 5. The van der Waals surface area contributed by atoms with Crippen molar-refractivity contribution in [3.8, 4) is 11.4 Å². The maximum Gasteiger partial charge on any atom is 0.253 e. The Morgan fingerprint density at radius 1 is 0.914 bits per heavy atom. The van der Waals surface area contributed by atoms with Crippen LogP contribution >= 0.6 is 0 Å².